The van der Waals surface area contributed by atoms with Gasteiger partial charge < -0.3 is 20.6 Å². The Bertz CT molecular complexity index is 385. The Labute approximate surface area is 112 Å². The Balaban J connectivity index is 2.52. The van der Waals surface area contributed by atoms with Crippen molar-refractivity contribution in [2.75, 3.05) is 13.6 Å². The maximum absolute atomic E-state index is 11.8. The predicted octanol–water partition coefficient (Wildman–Crippen LogP) is 0.160. The molecule has 0 aliphatic carbocycles. The molecule has 1 rings (SSSR count). The molecule has 2 atom stereocenters. The fourth-order valence-corrected chi connectivity index (χ4v) is 1.90. The van der Waals surface area contributed by atoms with Crippen molar-refractivity contribution in [3.63, 3.8) is 0 Å². The van der Waals surface area contributed by atoms with Gasteiger partial charge in [0.1, 0.15) is 5.54 Å². The number of amides is 3. The molecular formula is C12H21N3O4. The van der Waals surface area contributed by atoms with Crippen LogP contribution in [0.4, 0.5) is 4.79 Å². The highest BCUT2D eigenvalue weighted by atomic mass is 16.4. The van der Waals surface area contributed by atoms with E-state index in [0.29, 0.717) is 25.8 Å². The molecule has 7 heteroatoms. The zero-order valence-electron chi connectivity index (χ0n) is 11.5. The minimum atomic E-state index is -1.28. The number of nitrogens with one attached hydrogen (secondary N) is 2. The SMILES string of the molecule is CCC(C)(NC(=O)NC1CCC(=O)N(C)C1)C(=O)O. The normalized spacial score (nSPS) is 22.6. The number of urea groups is 1. The average molecular weight is 271 g/mol. The van der Waals surface area contributed by atoms with Crippen molar-refractivity contribution in [1.82, 2.24) is 15.5 Å². The summed E-state index contributed by atoms with van der Waals surface area (Å²) in [7, 11) is 1.68. The summed E-state index contributed by atoms with van der Waals surface area (Å²) in [5.74, 6) is -1.01. The molecule has 0 aromatic rings. The monoisotopic (exact) mass is 271 g/mol. The molecule has 1 aliphatic heterocycles. The number of likely N-dealkylation sites (tertiary alicyclic amines) is 1. The molecule has 2 unspecified atom stereocenters. The van der Waals surface area contributed by atoms with Crippen LogP contribution in [-0.4, -0.2) is 53.1 Å². The summed E-state index contributed by atoms with van der Waals surface area (Å²) in [5, 5.41) is 14.2. The zero-order chi connectivity index (χ0) is 14.6. The predicted molar refractivity (Wildman–Crippen MR) is 68.7 cm³/mol. The first-order chi connectivity index (χ1) is 8.78. The number of likely N-dealkylation sites (N-methyl/N-ethyl adjacent to an activating group) is 1. The van der Waals surface area contributed by atoms with Gasteiger partial charge in [-0.2, -0.15) is 0 Å². The zero-order valence-corrected chi connectivity index (χ0v) is 11.5. The highest BCUT2D eigenvalue weighted by molar-refractivity contribution is 5.86. The van der Waals surface area contributed by atoms with Crippen molar-refractivity contribution in [3.05, 3.63) is 0 Å². The van der Waals surface area contributed by atoms with E-state index in [9.17, 15) is 14.4 Å². The number of hydrogen-bond donors (Lipinski definition) is 3. The molecule has 1 saturated heterocycles. The molecule has 0 saturated carbocycles. The first-order valence-electron chi connectivity index (χ1n) is 6.34. The van der Waals surface area contributed by atoms with Gasteiger partial charge in [-0.05, 0) is 19.8 Å². The van der Waals surface area contributed by atoms with Crippen molar-refractivity contribution >= 4 is 17.9 Å². The van der Waals surface area contributed by atoms with E-state index in [1.165, 1.54) is 6.92 Å². The van der Waals surface area contributed by atoms with Crippen LogP contribution in [0.5, 0.6) is 0 Å². The van der Waals surface area contributed by atoms with Gasteiger partial charge in [-0.25, -0.2) is 9.59 Å². The fraction of sp³-hybridized carbons (Fsp3) is 0.750. The van der Waals surface area contributed by atoms with Crippen molar-refractivity contribution in [2.45, 2.75) is 44.7 Å². The van der Waals surface area contributed by atoms with Crippen LogP contribution in [0.25, 0.3) is 0 Å². The van der Waals surface area contributed by atoms with Crippen LogP contribution in [0, 0.1) is 0 Å². The first kappa shape index (κ1) is 15.3. The van der Waals surface area contributed by atoms with E-state index in [1.54, 1.807) is 18.9 Å². The van der Waals surface area contributed by atoms with Gasteiger partial charge in [0.25, 0.3) is 0 Å². The van der Waals surface area contributed by atoms with Gasteiger partial charge in [0, 0.05) is 26.1 Å². The minimum Gasteiger partial charge on any atom is -0.480 e. The Kier molecular flexibility index (Phi) is 4.74. The van der Waals surface area contributed by atoms with Gasteiger partial charge in [-0.1, -0.05) is 6.92 Å². The molecule has 108 valence electrons. The lowest BCUT2D eigenvalue weighted by Crippen LogP contribution is -2.58. The Morgan fingerprint density at radius 3 is 2.63 bits per heavy atom. The molecule has 7 nitrogen and oxygen atoms in total. The minimum absolute atomic E-state index is 0.0578. The molecule has 0 spiro atoms. The number of carboxylic acids is 1. The largest absolute Gasteiger partial charge is 0.480 e. The summed E-state index contributed by atoms with van der Waals surface area (Å²) in [4.78, 5) is 35.7. The van der Waals surface area contributed by atoms with Crippen LogP contribution in [0.15, 0.2) is 0 Å². The third kappa shape index (κ3) is 3.84. The second-order valence-corrected chi connectivity index (χ2v) is 5.10. The van der Waals surface area contributed by atoms with Crippen molar-refractivity contribution in [1.29, 1.82) is 0 Å². The summed E-state index contributed by atoms with van der Waals surface area (Å²) in [6.45, 7) is 3.61. The molecule has 1 fully saturated rings. The number of aliphatic carboxylic acids is 1. The summed E-state index contributed by atoms with van der Waals surface area (Å²) in [5.41, 5.74) is -1.28. The van der Waals surface area contributed by atoms with Gasteiger partial charge in [0.15, 0.2) is 0 Å². The number of carbonyl (C=O) groups excluding carboxylic acids is 2. The molecule has 0 aromatic heterocycles. The van der Waals surface area contributed by atoms with Gasteiger partial charge >= 0.3 is 12.0 Å². The van der Waals surface area contributed by atoms with E-state index >= 15 is 0 Å². The van der Waals surface area contributed by atoms with Crippen LogP contribution < -0.4 is 10.6 Å². The van der Waals surface area contributed by atoms with E-state index in [-0.39, 0.29) is 11.9 Å². The van der Waals surface area contributed by atoms with E-state index in [1.807, 2.05) is 0 Å². The van der Waals surface area contributed by atoms with Crippen molar-refractivity contribution in [3.8, 4) is 0 Å². The highest BCUT2D eigenvalue weighted by Crippen LogP contribution is 2.11. The smallest absolute Gasteiger partial charge is 0.329 e. The number of piperidine rings is 1. The van der Waals surface area contributed by atoms with E-state index < -0.39 is 17.5 Å². The second kappa shape index (κ2) is 5.90. The molecule has 0 radical (unpaired) electrons. The lowest BCUT2D eigenvalue weighted by molar-refractivity contribution is -0.143. The molecule has 1 aliphatic rings. The van der Waals surface area contributed by atoms with E-state index in [2.05, 4.69) is 10.6 Å². The molecule has 19 heavy (non-hydrogen) atoms. The van der Waals surface area contributed by atoms with E-state index in [0.717, 1.165) is 0 Å². The molecule has 0 aromatic carbocycles. The summed E-state index contributed by atoms with van der Waals surface area (Å²) >= 11 is 0. The number of nitrogens with zero attached hydrogens (tertiary/aromatic N) is 1. The summed E-state index contributed by atoms with van der Waals surface area (Å²) < 4.78 is 0. The number of hydrogen-bond acceptors (Lipinski definition) is 3. The van der Waals surface area contributed by atoms with Crippen LogP contribution >= 0.6 is 0 Å². The quantitative estimate of drug-likeness (QED) is 0.678. The van der Waals surface area contributed by atoms with Crippen molar-refractivity contribution in [2.24, 2.45) is 0 Å². The summed E-state index contributed by atoms with van der Waals surface area (Å²) in [6, 6.07) is -0.655. The maximum Gasteiger partial charge on any atom is 0.329 e. The van der Waals surface area contributed by atoms with Gasteiger partial charge in [0.05, 0.1) is 0 Å². The molecular weight excluding hydrogens is 250 g/mol. The van der Waals surface area contributed by atoms with Crippen LogP contribution in [0.3, 0.4) is 0 Å². The van der Waals surface area contributed by atoms with Crippen molar-refractivity contribution < 1.29 is 19.5 Å². The average Bonchev–Trinajstić information content (AvgIpc) is 2.33. The van der Waals surface area contributed by atoms with Crippen LogP contribution in [-0.2, 0) is 9.59 Å². The third-order valence-electron chi connectivity index (χ3n) is 3.53. The maximum atomic E-state index is 11.8. The lowest BCUT2D eigenvalue weighted by Gasteiger charge is -2.31. The van der Waals surface area contributed by atoms with Crippen LogP contribution in [0.1, 0.15) is 33.1 Å². The highest BCUT2D eigenvalue weighted by Gasteiger charge is 2.33. The summed E-state index contributed by atoms with van der Waals surface area (Å²) in [6.07, 6.45) is 1.26. The topological polar surface area (TPSA) is 98.7 Å². The fourth-order valence-electron chi connectivity index (χ4n) is 1.90. The molecule has 0 bridgehead atoms. The number of carboxylic acid groups (broad SMARTS) is 1. The third-order valence-corrected chi connectivity index (χ3v) is 3.53. The Hall–Kier alpha value is -1.79. The molecule has 3 amide bonds. The van der Waals surface area contributed by atoms with Gasteiger partial charge in [-0.3, -0.25) is 4.79 Å². The van der Waals surface area contributed by atoms with E-state index in [4.69, 9.17) is 5.11 Å². The number of rotatable bonds is 4. The first-order valence-corrected chi connectivity index (χ1v) is 6.34. The van der Waals surface area contributed by atoms with Gasteiger partial charge in [-0.15, -0.1) is 0 Å². The Morgan fingerprint density at radius 1 is 1.53 bits per heavy atom. The Morgan fingerprint density at radius 2 is 2.16 bits per heavy atom. The molecule has 1 heterocycles. The van der Waals surface area contributed by atoms with Crippen LogP contribution in [0.2, 0.25) is 0 Å². The lowest BCUT2D eigenvalue weighted by atomic mass is 9.99. The standard InChI is InChI=1S/C12H21N3O4/c1-4-12(2,10(17)18)14-11(19)13-8-5-6-9(16)15(3)7-8/h8H,4-7H2,1-3H3,(H,17,18)(H2,13,14,19). The van der Waals surface area contributed by atoms with Gasteiger partial charge in [0.2, 0.25) is 5.91 Å². The molecule has 3 N–H and O–H groups in total. The second-order valence-electron chi connectivity index (χ2n) is 5.10. The number of carbonyl (C=O) groups is 3.